The van der Waals surface area contributed by atoms with E-state index in [1.54, 1.807) is 37.3 Å². The summed E-state index contributed by atoms with van der Waals surface area (Å²) in [6, 6.07) is 13.2. The third-order valence-electron chi connectivity index (χ3n) is 4.87. The monoisotopic (exact) mass is 410 g/mol. The van der Waals surface area contributed by atoms with Crippen molar-refractivity contribution >= 4 is 23.3 Å². The Labute approximate surface area is 176 Å². The fourth-order valence-corrected chi connectivity index (χ4v) is 3.17. The maximum atomic E-state index is 12.6. The molecule has 0 radical (unpaired) electrons. The molecule has 1 heterocycles. The quantitative estimate of drug-likeness (QED) is 0.507. The number of rotatable bonds is 9. The van der Waals surface area contributed by atoms with Crippen LogP contribution in [-0.2, 0) is 9.59 Å². The fourth-order valence-electron chi connectivity index (χ4n) is 3.17. The number of benzene rings is 2. The molecule has 0 bridgehead atoms. The molecule has 2 amide bonds. The van der Waals surface area contributed by atoms with Crippen LogP contribution in [0.2, 0.25) is 0 Å². The molecule has 7 nitrogen and oxygen atoms in total. The molecule has 158 valence electrons. The number of hydrogen-bond donors (Lipinski definition) is 1. The number of amides is 2. The number of para-hydroxylation sites is 1. The summed E-state index contributed by atoms with van der Waals surface area (Å²) in [6.45, 7) is 3.98. The minimum absolute atomic E-state index is 0.134. The third-order valence-corrected chi connectivity index (χ3v) is 4.87. The first-order chi connectivity index (χ1) is 14.5. The van der Waals surface area contributed by atoms with Crippen molar-refractivity contribution in [2.75, 3.05) is 24.7 Å². The lowest BCUT2D eigenvalue weighted by Crippen LogP contribution is -2.51. The number of Topliss-reactive ketones (excluding diaryl/α,β-unsaturated/α-hetero) is 1. The molecule has 0 unspecified atom stereocenters. The summed E-state index contributed by atoms with van der Waals surface area (Å²) in [6.07, 6.45) is 1.83. The van der Waals surface area contributed by atoms with E-state index in [4.69, 9.17) is 9.47 Å². The van der Waals surface area contributed by atoms with Gasteiger partial charge in [0.1, 0.15) is 17.5 Å². The Kier molecular flexibility index (Phi) is 7.06. The lowest BCUT2D eigenvalue weighted by molar-refractivity contribution is -0.127. The molecule has 7 heteroatoms. The van der Waals surface area contributed by atoms with Crippen molar-refractivity contribution in [1.29, 1.82) is 0 Å². The van der Waals surface area contributed by atoms with Crippen molar-refractivity contribution in [2.24, 2.45) is 0 Å². The van der Waals surface area contributed by atoms with Crippen LogP contribution in [0.25, 0.3) is 0 Å². The Morgan fingerprint density at radius 1 is 1.20 bits per heavy atom. The molecule has 2 aromatic rings. The number of ether oxygens (including phenoxy) is 2. The normalized spacial score (nSPS) is 13.8. The highest BCUT2D eigenvalue weighted by Gasteiger charge is 2.33. The summed E-state index contributed by atoms with van der Waals surface area (Å²) in [5, 5.41) is 2.85. The first-order valence-electron chi connectivity index (χ1n) is 10.1. The number of unbranched alkanes of at least 4 members (excludes halogenated alkanes) is 1. The van der Waals surface area contributed by atoms with Crippen molar-refractivity contribution in [3.05, 3.63) is 54.1 Å². The number of nitrogens with one attached hydrogen (secondary N) is 1. The van der Waals surface area contributed by atoms with Gasteiger partial charge in [0, 0.05) is 12.1 Å². The molecule has 30 heavy (non-hydrogen) atoms. The second-order valence-electron chi connectivity index (χ2n) is 7.08. The highest BCUT2D eigenvalue weighted by molar-refractivity contribution is 6.05. The molecule has 2 aromatic carbocycles. The van der Waals surface area contributed by atoms with Gasteiger partial charge in [-0.2, -0.15) is 0 Å². The van der Waals surface area contributed by atoms with Gasteiger partial charge in [0.2, 0.25) is 5.91 Å². The van der Waals surface area contributed by atoms with Crippen LogP contribution in [0.1, 0.15) is 37.0 Å². The van der Waals surface area contributed by atoms with Crippen molar-refractivity contribution in [3.8, 4) is 11.5 Å². The summed E-state index contributed by atoms with van der Waals surface area (Å²) >= 11 is 0. The fraction of sp³-hybridized carbons (Fsp3) is 0.348. The second-order valence-corrected chi connectivity index (χ2v) is 7.08. The molecule has 1 atom stereocenters. The number of carbonyl (C=O) groups is 3. The number of nitrogens with zero attached hydrogens (tertiary/aromatic N) is 1. The Morgan fingerprint density at radius 3 is 2.70 bits per heavy atom. The Morgan fingerprint density at radius 2 is 1.97 bits per heavy atom. The number of ketones is 1. The molecule has 1 aliphatic rings. The minimum atomic E-state index is -0.720. The first-order valence-corrected chi connectivity index (χ1v) is 10.1. The standard InChI is InChI=1S/C23H26N2O5/c1-3-4-12-24-23(28)16(2)25-19-13-17(10-11-21(19)30-15-22(25)27)20(26)14-29-18-8-6-5-7-9-18/h5-11,13,16H,3-4,12,14-15H2,1-2H3,(H,24,28)/t16-/m1/s1. The summed E-state index contributed by atoms with van der Waals surface area (Å²) in [4.78, 5) is 39.1. The third kappa shape index (κ3) is 4.97. The average Bonchev–Trinajstić information content (AvgIpc) is 2.77. The summed E-state index contributed by atoms with van der Waals surface area (Å²) in [5.41, 5.74) is 0.793. The van der Waals surface area contributed by atoms with E-state index in [0.717, 1.165) is 12.8 Å². The van der Waals surface area contributed by atoms with Gasteiger partial charge in [-0.3, -0.25) is 19.3 Å². The van der Waals surface area contributed by atoms with Gasteiger partial charge in [-0.25, -0.2) is 0 Å². The van der Waals surface area contributed by atoms with Crippen molar-refractivity contribution in [2.45, 2.75) is 32.7 Å². The van der Waals surface area contributed by atoms with Crippen molar-refractivity contribution in [1.82, 2.24) is 5.32 Å². The summed E-state index contributed by atoms with van der Waals surface area (Å²) in [5.74, 6) is 0.254. The first kappa shape index (κ1) is 21.4. The Hall–Kier alpha value is -3.35. The van der Waals surface area contributed by atoms with E-state index < -0.39 is 6.04 Å². The molecule has 1 aliphatic heterocycles. The maximum Gasteiger partial charge on any atom is 0.265 e. The average molecular weight is 410 g/mol. The molecular formula is C23H26N2O5. The van der Waals surface area contributed by atoms with Crippen molar-refractivity contribution < 1.29 is 23.9 Å². The van der Waals surface area contributed by atoms with Gasteiger partial charge in [0.05, 0.1) is 5.69 Å². The van der Waals surface area contributed by atoms with E-state index in [-0.39, 0.29) is 30.8 Å². The Bertz CT molecular complexity index is 913. The lowest BCUT2D eigenvalue weighted by Gasteiger charge is -2.33. The molecule has 0 saturated heterocycles. The molecule has 0 fully saturated rings. The smallest absolute Gasteiger partial charge is 0.265 e. The number of anilines is 1. The van der Waals surface area contributed by atoms with E-state index in [1.165, 1.54) is 4.90 Å². The van der Waals surface area contributed by atoms with Crippen LogP contribution < -0.4 is 19.7 Å². The van der Waals surface area contributed by atoms with Gasteiger partial charge in [0.15, 0.2) is 19.0 Å². The van der Waals surface area contributed by atoms with Crippen LogP contribution >= 0.6 is 0 Å². The zero-order valence-corrected chi connectivity index (χ0v) is 17.2. The molecule has 0 spiro atoms. The van der Waals surface area contributed by atoms with E-state index >= 15 is 0 Å². The molecular weight excluding hydrogens is 384 g/mol. The molecule has 0 aliphatic carbocycles. The van der Waals surface area contributed by atoms with Gasteiger partial charge >= 0.3 is 0 Å². The molecule has 0 saturated carbocycles. The number of hydrogen-bond acceptors (Lipinski definition) is 5. The Balaban J connectivity index is 1.77. The van der Waals surface area contributed by atoms with Crippen LogP contribution in [0.4, 0.5) is 5.69 Å². The SMILES string of the molecule is CCCCNC(=O)[C@@H](C)N1C(=O)COc2ccc(C(=O)COc3ccccc3)cc21. The molecule has 3 rings (SSSR count). The van der Waals surface area contributed by atoms with Gasteiger partial charge in [-0.05, 0) is 43.7 Å². The maximum absolute atomic E-state index is 12.6. The van der Waals surface area contributed by atoms with E-state index in [0.29, 0.717) is 29.3 Å². The molecule has 0 aromatic heterocycles. The summed E-state index contributed by atoms with van der Waals surface area (Å²) in [7, 11) is 0. The second kappa shape index (κ2) is 9.91. The van der Waals surface area contributed by atoms with E-state index in [1.807, 2.05) is 25.1 Å². The van der Waals surface area contributed by atoms with Crippen LogP contribution in [0.3, 0.4) is 0 Å². The minimum Gasteiger partial charge on any atom is -0.485 e. The van der Waals surface area contributed by atoms with Gasteiger partial charge in [-0.1, -0.05) is 31.5 Å². The van der Waals surface area contributed by atoms with E-state index in [9.17, 15) is 14.4 Å². The van der Waals surface area contributed by atoms with Crippen LogP contribution in [0.15, 0.2) is 48.5 Å². The van der Waals surface area contributed by atoms with Gasteiger partial charge < -0.3 is 14.8 Å². The van der Waals surface area contributed by atoms with Crippen molar-refractivity contribution in [3.63, 3.8) is 0 Å². The van der Waals surface area contributed by atoms with Gasteiger partial charge in [-0.15, -0.1) is 0 Å². The number of fused-ring (bicyclic) bond motifs is 1. The predicted molar refractivity (Wildman–Crippen MR) is 113 cm³/mol. The highest BCUT2D eigenvalue weighted by atomic mass is 16.5. The van der Waals surface area contributed by atoms with E-state index in [2.05, 4.69) is 5.32 Å². The van der Waals surface area contributed by atoms with Gasteiger partial charge in [0.25, 0.3) is 5.91 Å². The summed E-state index contributed by atoms with van der Waals surface area (Å²) < 4.78 is 11.0. The topological polar surface area (TPSA) is 84.9 Å². The zero-order chi connectivity index (χ0) is 21.5. The predicted octanol–water partition coefficient (Wildman–Crippen LogP) is 2.98. The van der Waals surface area contributed by atoms with Crippen LogP contribution in [0, 0.1) is 0 Å². The lowest BCUT2D eigenvalue weighted by atomic mass is 10.1. The number of carbonyl (C=O) groups excluding carboxylic acids is 3. The highest BCUT2D eigenvalue weighted by Crippen LogP contribution is 2.34. The zero-order valence-electron chi connectivity index (χ0n) is 17.2. The molecule has 1 N–H and O–H groups in total. The van der Waals surface area contributed by atoms with Crippen LogP contribution in [-0.4, -0.2) is 43.4 Å². The van der Waals surface area contributed by atoms with Crippen LogP contribution in [0.5, 0.6) is 11.5 Å². The largest absolute Gasteiger partial charge is 0.485 e.